The molecule has 0 radical (unpaired) electrons. The van der Waals surface area contributed by atoms with Crippen molar-refractivity contribution in [2.75, 3.05) is 0 Å². The molecular weight excluding hydrogens is 252 g/mol. The van der Waals surface area contributed by atoms with Gasteiger partial charge in [-0.25, -0.2) is 0 Å². The van der Waals surface area contributed by atoms with Gasteiger partial charge in [0.05, 0.1) is 0 Å². The van der Waals surface area contributed by atoms with E-state index in [1.165, 1.54) is 0 Å². The molecular formula is C17H20O3. The van der Waals surface area contributed by atoms with Crippen LogP contribution in [0.4, 0.5) is 0 Å². The molecule has 2 aromatic rings. The zero-order valence-electron chi connectivity index (χ0n) is 12.4. The maximum atomic E-state index is 10.00. The number of rotatable bonds is 4. The molecule has 2 rings (SSSR count). The van der Waals surface area contributed by atoms with E-state index in [0.717, 1.165) is 27.8 Å². The van der Waals surface area contributed by atoms with Crippen molar-refractivity contribution in [3.05, 3.63) is 58.1 Å². The van der Waals surface area contributed by atoms with Gasteiger partial charge >= 0.3 is 0 Å². The summed E-state index contributed by atoms with van der Waals surface area (Å²) in [6, 6.07) is 9.85. The van der Waals surface area contributed by atoms with Gasteiger partial charge in [0.25, 0.3) is 0 Å². The predicted molar refractivity (Wildman–Crippen MR) is 78.9 cm³/mol. The molecule has 106 valence electrons. The molecule has 0 aliphatic carbocycles. The molecule has 0 amide bonds. The van der Waals surface area contributed by atoms with Gasteiger partial charge < -0.3 is 9.99 Å². The Bertz CT molecular complexity index is 574. The van der Waals surface area contributed by atoms with Gasteiger partial charge in [0.15, 0.2) is 5.75 Å². The van der Waals surface area contributed by atoms with E-state index in [1.54, 1.807) is 0 Å². The lowest BCUT2D eigenvalue weighted by atomic mass is 9.99. The monoisotopic (exact) mass is 272 g/mol. The smallest absolute Gasteiger partial charge is 0.172 e. The Labute approximate surface area is 119 Å². The zero-order valence-corrected chi connectivity index (χ0v) is 12.4. The van der Waals surface area contributed by atoms with E-state index in [4.69, 9.17) is 9.78 Å². The Hall–Kier alpha value is -2.00. The summed E-state index contributed by atoms with van der Waals surface area (Å²) in [6.07, 6.45) is 0. The van der Waals surface area contributed by atoms with E-state index < -0.39 is 0 Å². The molecule has 0 heterocycles. The second kappa shape index (κ2) is 5.97. The quantitative estimate of drug-likeness (QED) is 0.671. The Kier molecular flexibility index (Phi) is 4.30. The van der Waals surface area contributed by atoms with Crippen LogP contribution in [0.25, 0.3) is 0 Å². The average molecular weight is 272 g/mol. The van der Waals surface area contributed by atoms with Crippen molar-refractivity contribution in [1.29, 1.82) is 0 Å². The van der Waals surface area contributed by atoms with Gasteiger partial charge in [-0.1, -0.05) is 30.3 Å². The third kappa shape index (κ3) is 2.78. The molecule has 20 heavy (non-hydrogen) atoms. The first-order valence-corrected chi connectivity index (χ1v) is 6.65. The van der Waals surface area contributed by atoms with Crippen molar-refractivity contribution < 1.29 is 14.9 Å². The maximum absolute atomic E-state index is 10.00. The molecule has 1 N–H and O–H groups in total. The summed E-state index contributed by atoms with van der Waals surface area (Å²) in [6.45, 7) is 7.98. The first kappa shape index (κ1) is 14.4. The van der Waals surface area contributed by atoms with E-state index in [0.29, 0.717) is 18.1 Å². The highest BCUT2D eigenvalue weighted by atomic mass is 17.2. The molecule has 0 aliphatic rings. The van der Waals surface area contributed by atoms with Crippen molar-refractivity contribution in [1.82, 2.24) is 0 Å². The minimum absolute atomic E-state index is 0.329. The fourth-order valence-corrected chi connectivity index (χ4v) is 2.11. The molecule has 0 saturated heterocycles. The average Bonchev–Trinajstić information content (AvgIpc) is 2.48. The van der Waals surface area contributed by atoms with Gasteiger partial charge in [0.2, 0.25) is 0 Å². The standard InChI is InChI=1S/C17H20O3/c1-11-13(3)17(14(4)12(2)16(11)18)20-19-10-15-8-6-5-7-9-15/h5-9,18H,10H2,1-4H3. The number of benzene rings is 2. The van der Waals surface area contributed by atoms with Crippen LogP contribution in [0, 0.1) is 27.7 Å². The molecule has 0 aliphatic heterocycles. The normalized spacial score (nSPS) is 10.6. The minimum atomic E-state index is 0.329. The van der Waals surface area contributed by atoms with Gasteiger partial charge in [-0.2, -0.15) is 4.89 Å². The Morgan fingerprint density at radius 1 is 0.850 bits per heavy atom. The van der Waals surface area contributed by atoms with Crippen LogP contribution in [-0.4, -0.2) is 5.11 Å². The number of hydrogen-bond acceptors (Lipinski definition) is 3. The van der Waals surface area contributed by atoms with Crippen LogP contribution < -0.4 is 4.89 Å². The summed E-state index contributed by atoms with van der Waals surface area (Å²) in [5, 5.41) is 10.00. The lowest BCUT2D eigenvalue weighted by Crippen LogP contribution is -2.03. The number of aromatic hydroxyl groups is 1. The minimum Gasteiger partial charge on any atom is -0.507 e. The summed E-state index contributed by atoms with van der Waals surface area (Å²) >= 11 is 0. The SMILES string of the molecule is Cc1c(C)c(OOCc2ccccc2)c(C)c(C)c1O. The lowest BCUT2D eigenvalue weighted by molar-refractivity contribution is -0.218. The summed E-state index contributed by atoms with van der Waals surface area (Å²) in [5.74, 6) is 1.02. The van der Waals surface area contributed by atoms with Crippen molar-refractivity contribution >= 4 is 0 Å². The predicted octanol–water partition coefficient (Wildman–Crippen LogP) is 4.14. The molecule has 0 spiro atoms. The van der Waals surface area contributed by atoms with Crippen LogP contribution in [-0.2, 0) is 11.5 Å². The topological polar surface area (TPSA) is 38.7 Å². The lowest BCUT2D eigenvalue weighted by Gasteiger charge is -2.16. The fraction of sp³-hybridized carbons (Fsp3) is 0.294. The highest BCUT2D eigenvalue weighted by Crippen LogP contribution is 2.36. The first-order valence-electron chi connectivity index (χ1n) is 6.65. The Morgan fingerprint density at radius 2 is 1.40 bits per heavy atom. The summed E-state index contributed by atoms with van der Waals surface area (Å²) in [7, 11) is 0. The first-order chi connectivity index (χ1) is 9.52. The highest BCUT2D eigenvalue weighted by Gasteiger charge is 2.16. The van der Waals surface area contributed by atoms with Crippen molar-refractivity contribution in [2.24, 2.45) is 0 Å². The van der Waals surface area contributed by atoms with Crippen LogP contribution in [0.2, 0.25) is 0 Å². The van der Waals surface area contributed by atoms with Crippen LogP contribution in [0.1, 0.15) is 27.8 Å². The number of phenolic OH excluding ortho intramolecular Hbond substituents is 1. The molecule has 0 atom stereocenters. The Balaban J connectivity index is 2.14. The fourth-order valence-electron chi connectivity index (χ4n) is 2.11. The van der Waals surface area contributed by atoms with Gasteiger partial charge in [-0.3, -0.25) is 0 Å². The number of phenols is 1. The van der Waals surface area contributed by atoms with Gasteiger partial charge in [0, 0.05) is 11.1 Å². The molecule has 3 heteroatoms. The highest BCUT2D eigenvalue weighted by molar-refractivity contribution is 5.56. The van der Waals surface area contributed by atoms with Gasteiger partial charge in [-0.15, -0.1) is 0 Å². The van der Waals surface area contributed by atoms with Crippen LogP contribution in [0.5, 0.6) is 11.5 Å². The van der Waals surface area contributed by atoms with Crippen LogP contribution >= 0.6 is 0 Å². The van der Waals surface area contributed by atoms with Crippen molar-refractivity contribution in [3.63, 3.8) is 0 Å². The summed E-state index contributed by atoms with van der Waals surface area (Å²) < 4.78 is 0. The van der Waals surface area contributed by atoms with E-state index in [9.17, 15) is 5.11 Å². The molecule has 0 aromatic heterocycles. The van der Waals surface area contributed by atoms with Crippen LogP contribution in [0.3, 0.4) is 0 Å². The van der Waals surface area contributed by atoms with Crippen molar-refractivity contribution in [3.8, 4) is 11.5 Å². The second-order valence-electron chi connectivity index (χ2n) is 5.01. The number of hydrogen-bond donors (Lipinski definition) is 1. The maximum Gasteiger partial charge on any atom is 0.172 e. The van der Waals surface area contributed by atoms with Crippen molar-refractivity contribution in [2.45, 2.75) is 34.3 Å². The Morgan fingerprint density at radius 3 is 1.95 bits per heavy atom. The second-order valence-corrected chi connectivity index (χ2v) is 5.01. The largest absolute Gasteiger partial charge is 0.507 e. The van der Waals surface area contributed by atoms with E-state index in [2.05, 4.69) is 0 Å². The third-order valence-corrected chi connectivity index (χ3v) is 3.73. The zero-order chi connectivity index (χ0) is 14.7. The summed E-state index contributed by atoms with van der Waals surface area (Å²) in [5.41, 5.74) is 4.50. The summed E-state index contributed by atoms with van der Waals surface area (Å²) in [4.78, 5) is 10.8. The van der Waals surface area contributed by atoms with E-state index in [1.807, 2.05) is 58.0 Å². The van der Waals surface area contributed by atoms with Gasteiger partial charge in [-0.05, 0) is 44.4 Å². The van der Waals surface area contributed by atoms with Gasteiger partial charge in [0.1, 0.15) is 12.4 Å². The molecule has 0 saturated carbocycles. The molecule has 0 fully saturated rings. The third-order valence-electron chi connectivity index (χ3n) is 3.73. The molecule has 2 aromatic carbocycles. The molecule has 3 nitrogen and oxygen atoms in total. The molecule has 0 bridgehead atoms. The van der Waals surface area contributed by atoms with Crippen LogP contribution in [0.15, 0.2) is 30.3 Å². The molecule has 0 unspecified atom stereocenters. The van der Waals surface area contributed by atoms with E-state index >= 15 is 0 Å². The van der Waals surface area contributed by atoms with E-state index in [-0.39, 0.29) is 0 Å².